The molecule has 0 aliphatic carbocycles. The van der Waals surface area contributed by atoms with Crippen molar-refractivity contribution in [3.05, 3.63) is 0 Å². The molecule has 2 heteroatoms. The molecule has 0 bridgehead atoms. The van der Waals surface area contributed by atoms with Gasteiger partial charge in [0.25, 0.3) is 8.32 Å². The molecule has 0 amide bonds. The van der Waals surface area contributed by atoms with Gasteiger partial charge in [-0.1, -0.05) is 11.5 Å². The summed E-state index contributed by atoms with van der Waals surface area (Å²) in [4.78, 5) is 9.14. The zero-order valence-electron chi connectivity index (χ0n) is 5.95. The molecule has 48 valence electrons. The van der Waals surface area contributed by atoms with E-state index in [9.17, 15) is 0 Å². The first kappa shape index (κ1) is 8.30. The van der Waals surface area contributed by atoms with Crippen LogP contribution in [0.15, 0.2) is 0 Å². The lowest BCUT2D eigenvalue weighted by Gasteiger charge is -1.99. The van der Waals surface area contributed by atoms with E-state index in [1.54, 1.807) is 20.0 Å². The summed E-state index contributed by atoms with van der Waals surface area (Å²) in [5, 5.41) is 0. The van der Waals surface area contributed by atoms with Crippen LogP contribution >= 0.6 is 0 Å². The molecule has 0 aliphatic rings. The van der Waals surface area contributed by atoms with Crippen LogP contribution < -0.4 is 0 Å². The summed E-state index contributed by atoms with van der Waals surface area (Å²) in [6.07, 6.45) is 0. The lowest BCUT2D eigenvalue weighted by Crippen LogP contribution is -2.21. The summed E-state index contributed by atoms with van der Waals surface area (Å²) >= 11 is 0. The second-order valence-corrected chi connectivity index (χ2v) is 5.55. The van der Waals surface area contributed by atoms with Crippen molar-refractivity contribution in [2.75, 3.05) is 0 Å². The van der Waals surface area contributed by atoms with Crippen molar-refractivity contribution in [2.45, 2.75) is 20.0 Å². The summed E-state index contributed by atoms with van der Waals surface area (Å²) in [6, 6.07) is 0. The molecule has 1 nitrogen and oxygen atoms in total. The summed E-state index contributed by atoms with van der Waals surface area (Å²) in [5.41, 5.74) is 2.69. The van der Waals surface area contributed by atoms with Gasteiger partial charge in [0, 0.05) is 0 Å². The molecular weight excluding hydrogens is 128 g/mol. The van der Waals surface area contributed by atoms with Crippen LogP contribution in [0.5, 0.6) is 0 Å². The number of hydrogen-bond acceptors (Lipinski definition) is 1. The van der Waals surface area contributed by atoms with Crippen molar-refractivity contribution in [2.24, 2.45) is 0 Å². The molecule has 0 fully saturated rings. The molecule has 1 N–H and O–H groups in total. The van der Waals surface area contributed by atoms with E-state index in [0.717, 1.165) is 0 Å². The first-order valence-electron chi connectivity index (χ1n) is 2.72. The Labute approximate surface area is 57.2 Å². The molecule has 0 unspecified atom stereocenters. The highest BCUT2D eigenvalue weighted by Crippen LogP contribution is 1.89. The van der Waals surface area contributed by atoms with Crippen LogP contribution in [-0.4, -0.2) is 13.1 Å². The van der Waals surface area contributed by atoms with Crippen LogP contribution in [-0.2, 0) is 0 Å². The zero-order valence-corrected chi connectivity index (χ0v) is 6.95. The smallest absolute Gasteiger partial charge is 0.264 e. The van der Waals surface area contributed by atoms with Crippen LogP contribution in [0.3, 0.4) is 0 Å². The lowest BCUT2D eigenvalue weighted by molar-refractivity contribution is 0.570. The Balaban J connectivity index is 3.99. The standard InChI is InChI=1S/C7H10OSi/c1-4-5-6-7-9(2,3)8/h8H,1-3H3. The molecule has 0 rings (SSSR count). The van der Waals surface area contributed by atoms with E-state index in [4.69, 9.17) is 4.80 Å². The van der Waals surface area contributed by atoms with Gasteiger partial charge in [-0.05, 0) is 31.9 Å². The average molecular weight is 138 g/mol. The van der Waals surface area contributed by atoms with Crippen molar-refractivity contribution in [1.29, 1.82) is 0 Å². The Morgan fingerprint density at radius 2 is 1.78 bits per heavy atom. The van der Waals surface area contributed by atoms with Crippen LogP contribution in [0.2, 0.25) is 13.1 Å². The van der Waals surface area contributed by atoms with E-state index >= 15 is 0 Å². The molecule has 0 saturated carbocycles. The van der Waals surface area contributed by atoms with Crippen LogP contribution in [0, 0.1) is 23.3 Å². The van der Waals surface area contributed by atoms with Crippen molar-refractivity contribution >= 4 is 8.32 Å². The summed E-state index contributed by atoms with van der Waals surface area (Å²) in [5.74, 6) is 7.77. The Morgan fingerprint density at radius 1 is 1.22 bits per heavy atom. The van der Waals surface area contributed by atoms with E-state index in [-0.39, 0.29) is 0 Å². The minimum Gasteiger partial charge on any atom is -0.422 e. The van der Waals surface area contributed by atoms with Crippen LogP contribution in [0.25, 0.3) is 0 Å². The highest BCUT2D eigenvalue weighted by molar-refractivity contribution is 6.78. The molecule has 9 heavy (non-hydrogen) atoms. The quantitative estimate of drug-likeness (QED) is 0.387. The molecule has 0 aromatic carbocycles. The maximum Gasteiger partial charge on any atom is 0.264 e. The second-order valence-electron chi connectivity index (χ2n) is 2.18. The van der Waals surface area contributed by atoms with Crippen molar-refractivity contribution in [3.63, 3.8) is 0 Å². The SMILES string of the molecule is CC#CC#C[Si](C)(C)O. The molecule has 0 aromatic rings. The number of rotatable bonds is 0. The predicted molar refractivity (Wildman–Crippen MR) is 40.9 cm³/mol. The summed E-state index contributed by atoms with van der Waals surface area (Å²) in [6.45, 7) is 5.25. The maximum atomic E-state index is 9.14. The van der Waals surface area contributed by atoms with E-state index < -0.39 is 8.32 Å². The van der Waals surface area contributed by atoms with Crippen LogP contribution in [0.1, 0.15) is 6.92 Å². The summed E-state index contributed by atoms with van der Waals surface area (Å²) in [7, 11) is -2.16. The van der Waals surface area contributed by atoms with Gasteiger partial charge in [0.1, 0.15) is 0 Å². The summed E-state index contributed by atoms with van der Waals surface area (Å²) < 4.78 is 0. The molecular formula is C7H10OSi. The fourth-order valence-corrected chi connectivity index (χ4v) is 0.615. The molecule has 0 aromatic heterocycles. The van der Waals surface area contributed by atoms with Crippen molar-refractivity contribution in [3.8, 4) is 23.3 Å². The van der Waals surface area contributed by atoms with Gasteiger partial charge in [-0.25, -0.2) is 0 Å². The third-order valence-corrected chi connectivity index (χ3v) is 1.29. The fourth-order valence-electron chi connectivity index (χ4n) is 0.247. The van der Waals surface area contributed by atoms with Crippen molar-refractivity contribution in [1.82, 2.24) is 0 Å². The van der Waals surface area contributed by atoms with Gasteiger partial charge in [-0.3, -0.25) is 0 Å². The largest absolute Gasteiger partial charge is 0.422 e. The first-order chi connectivity index (χ1) is 4.06. The van der Waals surface area contributed by atoms with Gasteiger partial charge in [0.15, 0.2) is 0 Å². The van der Waals surface area contributed by atoms with Gasteiger partial charge in [0.2, 0.25) is 0 Å². The van der Waals surface area contributed by atoms with E-state index in [0.29, 0.717) is 0 Å². The Bertz CT molecular complexity index is 191. The van der Waals surface area contributed by atoms with Gasteiger partial charge in [-0.2, -0.15) is 0 Å². The van der Waals surface area contributed by atoms with Gasteiger partial charge in [-0.15, -0.1) is 0 Å². The third-order valence-electron chi connectivity index (χ3n) is 0.556. The van der Waals surface area contributed by atoms with Gasteiger partial charge < -0.3 is 4.80 Å². The normalized spacial score (nSPS) is 8.44. The highest BCUT2D eigenvalue weighted by atomic mass is 28.4. The minimum absolute atomic E-state index is 1.72. The second kappa shape index (κ2) is 3.35. The lowest BCUT2D eigenvalue weighted by atomic mass is 10.6. The van der Waals surface area contributed by atoms with E-state index in [2.05, 4.69) is 23.3 Å². The minimum atomic E-state index is -2.16. The average Bonchev–Trinajstić information content (AvgIpc) is 1.63. The topological polar surface area (TPSA) is 20.2 Å². The predicted octanol–water partition coefficient (Wildman–Crippen LogP) is 0.750. The Kier molecular flexibility index (Phi) is 3.09. The highest BCUT2D eigenvalue weighted by Gasteiger charge is 2.10. The Morgan fingerprint density at radius 3 is 2.11 bits per heavy atom. The maximum absolute atomic E-state index is 9.14. The van der Waals surface area contributed by atoms with E-state index in [1.807, 2.05) is 0 Å². The van der Waals surface area contributed by atoms with E-state index in [1.165, 1.54) is 0 Å². The molecule has 0 atom stereocenters. The molecule has 0 saturated heterocycles. The van der Waals surface area contributed by atoms with Crippen molar-refractivity contribution < 1.29 is 4.80 Å². The van der Waals surface area contributed by atoms with Gasteiger partial charge in [0.05, 0.1) is 0 Å². The fraction of sp³-hybridized carbons (Fsp3) is 0.429. The number of hydrogen-bond donors (Lipinski definition) is 1. The van der Waals surface area contributed by atoms with Gasteiger partial charge >= 0.3 is 0 Å². The first-order valence-corrected chi connectivity index (χ1v) is 5.67. The molecule has 0 radical (unpaired) electrons. The Hall–Kier alpha value is -0.703. The third kappa shape index (κ3) is 7.30. The molecule has 0 aliphatic heterocycles. The molecule has 0 heterocycles. The zero-order chi connectivity index (χ0) is 7.33. The van der Waals surface area contributed by atoms with Crippen LogP contribution in [0.4, 0.5) is 0 Å². The monoisotopic (exact) mass is 138 g/mol. The molecule has 0 spiro atoms.